The summed E-state index contributed by atoms with van der Waals surface area (Å²) in [7, 11) is 1.61. The van der Waals surface area contributed by atoms with Crippen LogP contribution in [0.2, 0.25) is 0 Å². The molecule has 1 amide bonds. The molecule has 0 aromatic carbocycles. The van der Waals surface area contributed by atoms with Gasteiger partial charge in [0.05, 0.1) is 0 Å². The number of nitrogens with one attached hydrogen (secondary N) is 1. The standard InChI is InChI=1S/C17H22N6O/c1-12-21-14(10-15(22-12)16(24)18-2)9-13-5-3-8-23(11-13)17-19-6-4-7-20-17/h4,6-7,10,13H,3,5,8-9,11H2,1-2H3,(H,18,24)/t13-/m1/s1. The number of hydrogen-bond acceptors (Lipinski definition) is 6. The second-order valence-corrected chi connectivity index (χ2v) is 6.08. The molecule has 1 aliphatic heterocycles. The van der Waals surface area contributed by atoms with Gasteiger partial charge in [-0.15, -0.1) is 0 Å². The summed E-state index contributed by atoms with van der Waals surface area (Å²) in [5.41, 5.74) is 1.35. The molecule has 3 heterocycles. The normalized spacial score (nSPS) is 17.6. The van der Waals surface area contributed by atoms with Crippen molar-refractivity contribution < 1.29 is 4.79 Å². The van der Waals surface area contributed by atoms with E-state index in [0.717, 1.165) is 44.0 Å². The number of anilines is 1. The van der Waals surface area contributed by atoms with Crippen molar-refractivity contribution in [2.45, 2.75) is 26.2 Å². The Morgan fingerprint density at radius 2 is 2.12 bits per heavy atom. The summed E-state index contributed by atoms with van der Waals surface area (Å²) in [5.74, 6) is 1.70. The van der Waals surface area contributed by atoms with Crippen LogP contribution in [-0.2, 0) is 6.42 Å². The highest BCUT2D eigenvalue weighted by Crippen LogP contribution is 2.23. The number of carbonyl (C=O) groups excluding carboxylic acids is 1. The molecular formula is C17H22N6O. The van der Waals surface area contributed by atoms with Gasteiger partial charge in [0.1, 0.15) is 11.5 Å². The predicted octanol–water partition coefficient (Wildman–Crippen LogP) is 1.39. The quantitative estimate of drug-likeness (QED) is 0.914. The molecule has 0 radical (unpaired) electrons. The number of amides is 1. The zero-order chi connectivity index (χ0) is 16.9. The first kappa shape index (κ1) is 16.3. The molecule has 1 fully saturated rings. The van der Waals surface area contributed by atoms with Gasteiger partial charge in [-0.2, -0.15) is 0 Å². The van der Waals surface area contributed by atoms with Crippen LogP contribution in [0.4, 0.5) is 5.95 Å². The molecule has 1 saturated heterocycles. The topological polar surface area (TPSA) is 83.9 Å². The second-order valence-electron chi connectivity index (χ2n) is 6.08. The van der Waals surface area contributed by atoms with E-state index >= 15 is 0 Å². The Hall–Kier alpha value is -2.57. The SMILES string of the molecule is CNC(=O)c1cc(C[C@H]2CCCN(c3ncccn3)C2)nc(C)n1. The Labute approximate surface area is 141 Å². The van der Waals surface area contributed by atoms with E-state index in [2.05, 4.69) is 30.2 Å². The maximum absolute atomic E-state index is 11.8. The number of aromatic nitrogens is 4. The van der Waals surface area contributed by atoms with E-state index < -0.39 is 0 Å². The van der Waals surface area contributed by atoms with Crippen molar-refractivity contribution in [2.24, 2.45) is 5.92 Å². The fraction of sp³-hybridized carbons (Fsp3) is 0.471. The van der Waals surface area contributed by atoms with Gasteiger partial charge in [-0.1, -0.05) is 0 Å². The van der Waals surface area contributed by atoms with E-state index in [1.165, 1.54) is 0 Å². The van der Waals surface area contributed by atoms with Crippen molar-refractivity contribution in [3.8, 4) is 0 Å². The van der Waals surface area contributed by atoms with Gasteiger partial charge >= 0.3 is 0 Å². The minimum atomic E-state index is -0.176. The summed E-state index contributed by atoms with van der Waals surface area (Å²) in [6.07, 6.45) is 6.62. The third-order valence-electron chi connectivity index (χ3n) is 4.20. The minimum Gasteiger partial charge on any atom is -0.354 e. The second kappa shape index (κ2) is 7.33. The molecule has 3 rings (SSSR count). The highest BCUT2D eigenvalue weighted by Gasteiger charge is 2.23. The van der Waals surface area contributed by atoms with Crippen LogP contribution >= 0.6 is 0 Å². The molecule has 0 saturated carbocycles. The highest BCUT2D eigenvalue weighted by molar-refractivity contribution is 5.92. The van der Waals surface area contributed by atoms with Crippen molar-refractivity contribution in [1.29, 1.82) is 0 Å². The van der Waals surface area contributed by atoms with E-state index in [1.54, 1.807) is 25.5 Å². The average Bonchev–Trinajstić information content (AvgIpc) is 2.61. The fourth-order valence-electron chi connectivity index (χ4n) is 3.14. The maximum Gasteiger partial charge on any atom is 0.269 e. The van der Waals surface area contributed by atoms with Crippen LogP contribution < -0.4 is 10.2 Å². The third-order valence-corrected chi connectivity index (χ3v) is 4.20. The molecule has 7 nitrogen and oxygen atoms in total. The molecule has 0 bridgehead atoms. The lowest BCUT2D eigenvalue weighted by molar-refractivity contribution is 0.0957. The van der Waals surface area contributed by atoms with Crippen LogP contribution in [0, 0.1) is 12.8 Å². The number of nitrogens with zero attached hydrogens (tertiary/aromatic N) is 5. The molecule has 1 N–H and O–H groups in total. The summed E-state index contributed by atoms with van der Waals surface area (Å²) in [6, 6.07) is 3.62. The van der Waals surface area contributed by atoms with Crippen LogP contribution in [-0.4, -0.2) is 46.0 Å². The van der Waals surface area contributed by atoms with Gasteiger partial charge < -0.3 is 10.2 Å². The van der Waals surface area contributed by atoms with Crippen LogP contribution in [0.1, 0.15) is 34.8 Å². The first-order valence-corrected chi connectivity index (χ1v) is 8.24. The summed E-state index contributed by atoms with van der Waals surface area (Å²) < 4.78 is 0. The van der Waals surface area contributed by atoms with E-state index in [-0.39, 0.29) is 5.91 Å². The Bertz CT molecular complexity index is 705. The molecule has 0 spiro atoms. The summed E-state index contributed by atoms with van der Waals surface area (Å²) >= 11 is 0. The van der Waals surface area contributed by atoms with Crippen molar-refractivity contribution in [2.75, 3.05) is 25.0 Å². The van der Waals surface area contributed by atoms with Crippen LogP contribution in [0.15, 0.2) is 24.5 Å². The Morgan fingerprint density at radius 3 is 2.88 bits per heavy atom. The molecular weight excluding hydrogens is 304 g/mol. The molecule has 1 aliphatic rings. The Kier molecular flexibility index (Phi) is 4.98. The first-order valence-electron chi connectivity index (χ1n) is 8.24. The van der Waals surface area contributed by atoms with Gasteiger partial charge in [-0.3, -0.25) is 4.79 Å². The van der Waals surface area contributed by atoms with E-state index in [1.807, 2.05) is 13.0 Å². The highest BCUT2D eigenvalue weighted by atomic mass is 16.1. The molecule has 7 heteroatoms. The van der Waals surface area contributed by atoms with Crippen molar-refractivity contribution >= 4 is 11.9 Å². The summed E-state index contributed by atoms with van der Waals surface area (Å²) in [6.45, 7) is 3.70. The summed E-state index contributed by atoms with van der Waals surface area (Å²) in [4.78, 5) is 31.4. The molecule has 0 unspecified atom stereocenters. The number of hydrogen-bond donors (Lipinski definition) is 1. The lowest BCUT2D eigenvalue weighted by Crippen LogP contribution is -2.37. The van der Waals surface area contributed by atoms with E-state index in [0.29, 0.717) is 17.4 Å². The molecule has 24 heavy (non-hydrogen) atoms. The van der Waals surface area contributed by atoms with Crippen molar-refractivity contribution in [3.05, 3.63) is 41.7 Å². The molecule has 0 aliphatic carbocycles. The van der Waals surface area contributed by atoms with Gasteiger partial charge in [0.25, 0.3) is 5.91 Å². The third kappa shape index (κ3) is 3.84. The van der Waals surface area contributed by atoms with Gasteiger partial charge in [-0.25, -0.2) is 19.9 Å². The van der Waals surface area contributed by atoms with Crippen molar-refractivity contribution in [1.82, 2.24) is 25.3 Å². The zero-order valence-electron chi connectivity index (χ0n) is 14.1. The van der Waals surface area contributed by atoms with Crippen LogP contribution in [0.25, 0.3) is 0 Å². The first-order chi connectivity index (χ1) is 11.7. The smallest absolute Gasteiger partial charge is 0.269 e. The van der Waals surface area contributed by atoms with Gasteiger partial charge in [0.15, 0.2) is 0 Å². The monoisotopic (exact) mass is 326 g/mol. The lowest BCUT2D eigenvalue weighted by Gasteiger charge is -2.32. The largest absolute Gasteiger partial charge is 0.354 e. The van der Waals surface area contributed by atoms with Crippen LogP contribution in [0.5, 0.6) is 0 Å². The van der Waals surface area contributed by atoms with E-state index in [9.17, 15) is 4.79 Å². The number of piperidine rings is 1. The van der Waals surface area contributed by atoms with Crippen LogP contribution in [0.3, 0.4) is 0 Å². The maximum atomic E-state index is 11.8. The molecule has 2 aromatic rings. The fourth-order valence-corrected chi connectivity index (χ4v) is 3.14. The lowest BCUT2D eigenvalue weighted by atomic mass is 9.93. The van der Waals surface area contributed by atoms with E-state index in [4.69, 9.17) is 0 Å². The Balaban J connectivity index is 1.71. The Morgan fingerprint density at radius 1 is 1.33 bits per heavy atom. The van der Waals surface area contributed by atoms with Gasteiger partial charge in [-0.05, 0) is 44.2 Å². The molecule has 126 valence electrons. The predicted molar refractivity (Wildman–Crippen MR) is 90.8 cm³/mol. The van der Waals surface area contributed by atoms with Gasteiger partial charge in [0, 0.05) is 38.2 Å². The molecule has 1 atom stereocenters. The number of aryl methyl sites for hydroxylation is 1. The average molecular weight is 326 g/mol. The minimum absolute atomic E-state index is 0.176. The molecule has 2 aromatic heterocycles. The van der Waals surface area contributed by atoms with Gasteiger partial charge in [0.2, 0.25) is 5.95 Å². The zero-order valence-corrected chi connectivity index (χ0v) is 14.1. The number of carbonyl (C=O) groups is 1. The number of rotatable bonds is 4. The summed E-state index contributed by atoms with van der Waals surface area (Å²) in [5, 5.41) is 2.61. The van der Waals surface area contributed by atoms with Crippen molar-refractivity contribution in [3.63, 3.8) is 0 Å².